The van der Waals surface area contributed by atoms with Gasteiger partial charge in [-0.1, -0.05) is 30.3 Å². The SMILES string of the molecule is CCOc1ccc(Nc2ccc(C(=O)N(Cc3ccccc3)C(C)C)cn2)cc1. The largest absolute Gasteiger partial charge is 0.494 e. The van der Waals surface area contributed by atoms with E-state index in [4.69, 9.17) is 4.74 Å². The molecule has 5 heteroatoms. The van der Waals surface area contributed by atoms with Crippen LogP contribution in [0.25, 0.3) is 0 Å². The third-order valence-electron chi connectivity index (χ3n) is 4.53. The summed E-state index contributed by atoms with van der Waals surface area (Å²) in [7, 11) is 0. The maximum Gasteiger partial charge on any atom is 0.255 e. The van der Waals surface area contributed by atoms with Crippen LogP contribution >= 0.6 is 0 Å². The molecule has 0 atom stereocenters. The summed E-state index contributed by atoms with van der Waals surface area (Å²) in [6.07, 6.45) is 1.62. The number of anilines is 2. The van der Waals surface area contributed by atoms with Crippen molar-refractivity contribution >= 4 is 17.4 Å². The van der Waals surface area contributed by atoms with E-state index < -0.39 is 0 Å². The van der Waals surface area contributed by atoms with Crippen LogP contribution in [0.1, 0.15) is 36.7 Å². The van der Waals surface area contributed by atoms with Gasteiger partial charge in [0, 0.05) is 24.5 Å². The Hall–Kier alpha value is -3.34. The van der Waals surface area contributed by atoms with Crippen LogP contribution in [0, 0.1) is 0 Å². The van der Waals surface area contributed by atoms with E-state index in [0.29, 0.717) is 24.5 Å². The first-order valence-electron chi connectivity index (χ1n) is 9.87. The third kappa shape index (κ3) is 5.57. The molecule has 0 saturated heterocycles. The summed E-state index contributed by atoms with van der Waals surface area (Å²) in [4.78, 5) is 19.3. The summed E-state index contributed by atoms with van der Waals surface area (Å²) >= 11 is 0. The smallest absolute Gasteiger partial charge is 0.255 e. The number of amides is 1. The van der Waals surface area contributed by atoms with Gasteiger partial charge < -0.3 is 15.0 Å². The average Bonchev–Trinajstić information content (AvgIpc) is 2.74. The fourth-order valence-corrected chi connectivity index (χ4v) is 2.98. The van der Waals surface area contributed by atoms with Crippen LogP contribution in [0.3, 0.4) is 0 Å². The minimum atomic E-state index is -0.0241. The zero-order valence-electron chi connectivity index (χ0n) is 17.1. The van der Waals surface area contributed by atoms with Gasteiger partial charge in [0.25, 0.3) is 5.91 Å². The maximum atomic E-state index is 13.0. The lowest BCUT2D eigenvalue weighted by Gasteiger charge is -2.27. The highest BCUT2D eigenvalue weighted by Crippen LogP contribution is 2.20. The van der Waals surface area contributed by atoms with Crippen molar-refractivity contribution in [3.63, 3.8) is 0 Å². The van der Waals surface area contributed by atoms with Crippen LogP contribution in [0.5, 0.6) is 5.75 Å². The molecule has 0 saturated carbocycles. The van der Waals surface area contributed by atoms with Crippen LogP contribution in [0.2, 0.25) is 0 Å². The third-order valence-corrected chi connectivity index (χ3v) is 4.53. The molecule has 2 aromatic carbocycles. The highest BCUT2D eigenvalue weighted by molar-refractivity contribution is 5.94. The second kappa shape index (κ2) is 9.73. The van der Waals surface area contributed by atoms with E-state index in [2.05, 4.69) is 10.3 Å². The number of pyridine rings is 1. The van der Waals surface area contributed by atoms with Gasteiger partial charge in [-0.3, -0.25) is 4.79 Å². The Bertz CT molecular complexity index is 907. The quantitative estimate of drug-likeness (QED) is 0.570. The molecular formula is C24H27N3O2. The summed E-state index contributed by atoms with van der Waals surface area (Å²) in [6.45, 7) is 7.22. The molecule has 1 amide bonds. The van der Waals surface area contributed by atoms with Crippen LogP contribution < -0.4 is 10.1 Å². The van der Waals surface area contributed by atoms with Crippen molar-refractivity contribution < 1.29 is 9.53 Å². The number of carbonyl (C=O) groups excluding carboxylic acids is 1. The molecule has 1 heterocycles. The number of nitrogens with zero attached hydrogens (tertiary/aromatic N) is 2. The van der Waals surface area contributed by atoms with Crippen LogP contribution in [0.4, 0.5) is 11.5 Å². The normalized spacial score (nSPS) is 10.6. The molecule has 150 valence electrons. The first kappa shape index (κ1) is 20.4. The van der Waals surface area contributed by atoms with Gasteiger partial charge in [0.15, 0.2) is 0 Å². The number of ether oxygens (including phenoxy) is 1. The minimum Gasteiger partial charge on any atom is -0.494 e. The number of hydrogen-bond donors (Lipinski definition) is 1. The number of rotatable bonds is 8. The van der Waals surface area contributed by atoms with E-state index in [-0.39, 0.29) is 11.9 Å². The van der Waals surface area contributed by atoms with Crippen LogP contribution in [0.15, 0.2) is 72.9 Å². The van der Waals surface area contributed by atoms with Crippen molar-refractivity contribution in [2.75, 3.05) is 11.9 Å². The van der Waals surface area contributed by atoms with Gasteiger partial charge in [0.1, 0.15) is 11.6 Å². The van der Waals surface area contributed by atoms with Crippen molar-refractivity contribution in [1.82, 2.24) is 9.88 Å². The van der Waals surface area contributed by atoms with Crippen molar-refractivity contribution in [2.24, 2.45) is 0 Å². The lowest BCUT2D eigenvalue weighted by Crippen LogP contribution is -2.36. The number of benzene rings is 2. The zero-order valence-corrected chi connectivity index (χ0v) is 17.1. The molecule has 0 fully saturated rings. The molecule has 1 N–H and O–H groups in total. The summed E-state index contributed by atoms with van der Waals surface area (Å²) in [5, 5.41) is 3.24. The highest BCUT2D eigenvalue weighted by atomic mass is 16.5. The van der Waals surface area contributed by atoms with Crippen LogP contribution in [-0.4, -0.2) is 28.4 Å². The minimum absolute atomic E-state index is 0.0241. The van der Waals surface area contributed by atoms with Crippen molar-refractivity contribution in [1.29, 1.82) is 0 Å². The molecule has 29 heavy (non-hydrogen) atoms. The molecule has 5 nitrogen and oxygen atoms in total. The Morgan fingerprint density at radius 2 is 1.76 bits per heavy atom. The molecule has 3 aromatic rings. The molecular weight excluding hydrogens is 362 g/mol. The number of carbonyl (C=O) groups is 1. The Balaban J connectivity index is 1.68. The summed E-state index contributed by atoms with van der Waals surface area (Å²) < 4.78 is 5.45. The predicted molar refractivity (Wildman–Crippen MR) is 117 cm³/mol. The molecule has 0 unspecified atom stereocenters. The van der Waals surface area contributed by atoms with Crippen molar-refractivity contribution in [3.05, 3.63) is 84.1 Å². The molecule has 0 aliphatic rings. The second-order valence-corrected chi connectivity index (χ2v) is 7.03. The molecule has 0 bridgehead atoms. The Labute approximate surface area is 172 Å². The molecule has 0 radical (unpaired) electrons. The van der Waals surface area contributed by atoms with Gasteiger partial charge in [-0.15, -0.1) is 0 Å². The van der Waals surface area contributed by atoms with Gasteiger partial charge in [0.2, 0.25) is 0 Å². The van der Waals surface area contributed by atoms with E-state index in [1.54, 1.807) is 6.20 Å². The summed E-state index contributed by atoms with van der Waals surface area (Å²) in [5.41, 5.74) is 2.59. The van der Waals surface area contributed by atoms with E-state index in [9.17, 15) is 4.79 Å². The van der Waals surface area contributed by atoms with Crippen LogP contribution in [-0.2, 0) is 6.54 Å². The molecule has 3 rings (SSSR count). The van der Waals surface area contributed by atoms with E-state index in [1.165, 1.54) is 0 Å². The molecule has 0 aliphatic heterocycles. The summed E-state index contributed by atoms with van der Waals surface area (Å²) in [6, 6.07) is 21.4. The topological polar surface area (TPSA) is 54.5 Å². The van der Waals surface area contributed by atoms with Crippen molar-refractivity contribution in [2.45, 2.75) is 33.4 Å². The highest BCUT2D eigenvalue weighted by Gasteiger charge is 2.19. The summed E-state index contributed by atoms with van der Waals surface area (Å²) in [5.74, 6) is 1.49. The van der Waals surface area contributed by atoms with E-state index in [0.717, 1.165) is 17.0 Å². The monoisotopic (exact) mass is 389 g/mol. The predicted octanol–water partition coefficient (Wildman–Crippen LogP) is 5.27. The van der Waals surface area contributed by atoms with Gasteiger partial charge >= 0.3 is 0 Å². The van der Waals surface area contributed by atoms with E-state index >= 15 is 0 Å². The molecule has 1 aromatic heterocycles. The van der Waals surface area contributed by atoms with Gasteiger partial charge in [-0.25, -0.2) is 4.98 Å². The number of nitrogens with one attached hydrogen (secondary N) is 1. The lowest BCUT2D eigenvalue weighted by atomic mass is 10.1. The number of aromatic nitrogens is 1. The van der Waals surface area contributed by atoms with E-state index in [1.807, 2.05) is 92.4 Å². The number of hydrogen-bond acceptors (Lipinski definition) is 4. The standard InChI is InChI=1S/C24H27N3O2/c1-4-29-22-13-11-21(12-14-22)26-23-15-10-20(16-25-23)24(28)27(18(2)3)17-19-8-6-5-7-9-19/h5-16,18H,4,17H2,1-3H3,(H,25,26). The molecule has 0 aliphatic carbocycles. The maximum absolute atomic E-state index is 13.0. The van der Waals surface area contributed by atoms with Gasteiger partial charge in [-0.2, -0.15) is 0 Å². The zero-order chi connectivity index (χ0) is 20.6. The fourth-order valence-electron chi connectivity index (χ4n) is 2.98. The lowest BCUT2D eigenvalue weighted by molar-refractivity contribution is 0.0690. The second-order valence-electron chi connectivity index (χ2n) is 7.03. The van der Waals surface area contributed by atoms with Crippen molar-refractivity contribution in [3.8, 4) is 5.75 Å². The van der Waals surface area contributed by atoms with Gasteiger partial charge in [0.05, 0.1) is 12.2 Å². The molecule has 0 spiro atoms. The Morgan fingerprint density at radius 1 is 1.03 bits per heavy atom. The Morgan fingerprint density at radius 3 is 2.34 bits per heavy atom. The fraction of sp³-hybridized carbons (Fsp3) is 0.250. The first-order valence-corrected chi connectivity index (χ1v) is 9.87. The average molecular weight is 389 g/mol. The first-order chi connectivity index (χ1) is 14.1. The van der Waals surface area contributed by atoms with Gasteiger partial charge in [-0.05, 0) is 62.7 Å². The Kier molecular flexibility index (Phi) is 6.85.